The van der Waals surface area contributed by atoms with Gasteiger partial charge in [-0.05, 0) is 24.1 Å². The molecule has 2 aromatic heterocycles. The second kappa shape index (κ2) is 7.27. The average Bonchev–Trinajstić information content (AvgIpc) is 3.22. The van der Waals surface area contributed by atoms with Crippen LogP contribution < -0.4 is 10.2 Å². The first-order chi connectivity index (χ1) is 14.7. The number of pyridine rings is 1. The van der Waals surface area contributed by atoms with Crippen molar-refractivity contribution in [3.05, 3.63) is 41.5 Å². The zero-order chi connectivity index (χ0) is 22.5. The summed E-state index contributed by atoms with van der Waals surface area (Å²) in [5.74, 6) is -5.51. The maximum absolute atomic E-state index is 14.9. The number of hydrogen-bond donors (Lipinski definition) is 1. The number of nitrogens with zero attached hydrogens (tertiary/aromatic N) is 5. The first-order valence-corrected chi connectivity index (χ1v) is 9.63. The third-order valence-electron chi connectivity index (χ3n) is 5.41. The van der Waals surface area contributed by atoms with Gasteiger partial charge < -0.3 is 14.8 Å². The van der Waals surface area contributed by atoms with E-state index in [1.807, 2.05) is 13.0 Å². The highest BCUT2D eigenvalue weighted by Crippen LogP contribution is 2.49. The van der Waals surface area contributed by atoms with Gasteiger partial charge in [-0.2, -0.15) is 5.26 Å². The molecule has 1 atom stereocenters. The van der Waals surface area contributed by atoms with Crippen LogP contribution in [0, 0.1) is 23.1 Å². The number of carbonyl (C=O) groups is 1. The molecule has 1 aliphatic rings. The van der Waals surface area contributed by atoms with Crippen LogP contribution in [0.25, 0.3) is 11.0 Å². The molecule has 4 rings (SSSR count). The third-order valence-corrected chi connectivity index (χ3v) is 5.41. The van der Waals surface area contributed by atoms with Crippen molar-refractivity contribution in [2.24, 2.45) is 13.0 Å². The van der Waals surface area contributed by atoms with Crippen LogP contribution in [-0.4, -0.2) is 33.4 Å². The van der Waals surface area contributed by atoms with Gasteiger partial charge in [0.15, 0.2) is 5.82 Å². The first-order valence-electron chi connectivity index (χ1n) is 9.63. The highest BCUT2D eigenvalue weighted by atomic mass is 19.3. The molecule has 3 aromatic rings. The Hall–Kier alpha value is -3.61. The van der Waals surface area contributed by atoms with E-state index in [1.54, 1.807) is 30.8 Å². The molecule has 0 spiro atoms. The SMILES string of the molecule is CCc1cc(C#N)cc(F)c1N(C)c1cc2c(ncn2C)c(NC(=O)C2CC2(F)F)n1. The lowest BCUT2D eigenvalue weighted by atomic mass is 10.1. The Morgan fingerprint density at radius 1 is 1.42 bits per heavy atom. The van der Waals surface area contributed by atoms with Gasteiger partial charge in [-0.1, -0.05) is 6.92 Å². The molecule has 0 saturated heterocycles. The molecule has 160 valence electrons. The molecular weight excluding hydrogens is 409 g/mol. The maximum atomic E-state index is 14.9. The molecule has 7 nitrogen and oxygen atoms in total. The van der Waals surface area contributed by atoms with Gasteiger partial charge in [0.25, 0.3) is 5.92 Å². The van der Waals surface area contributed by atoms with Crippen molar-refractivity contribution >= 4 is 34.3 Å². The Kier molecular flexibility index (Phi) is 4.84. The number of fused-ring (bicyclic) bond motifs is 1. The molecule has 1 fully saturated rings. The number of nitrogens with one attached hydrogen (secondary N) is 1. The van der Waals surface area contributed by atoms with Gasteiger partial charge in [-0.15, -0.1) is 0 Å². The van der Waals surface area contributed by atoms with Crippen molar-refractivity contribution in [1.29, 1.82) is 5.26 Å². The van der Waals surface area contributed by atoms with E-state index in [-0.39, 0.29) is 22.9 Å². The Labute approximate surface area is 176 Å². The number of halogens is 3. The van der Waals surface area contributed by atoms with E-state index in [4.69, 9.17) is 5.26 Å². The Morgan fingerprint density at radius 3 is 2.74 bits per heavy atom. The van der Waals surface area contributed by atoms with Crippen LogP contribution >= 0.6 is 0 Å². The second-order valence-corrected chi connectivity index (χ2v) is 7.55. The predicted molar refractivity (Wildman–Crippen MR) is 109 cm³/mol. The summed E-state index contributed by atoms with van der Waals surface area (Å²) >= 11 is 0. The first kappa shape index (κ1) is 20.7. The number of amides is 1. The Bertz CT molecular complexity index is 1250. The van der Waals surface area contributed by atoms with Gasteiger partial charge in [0.2, 0.25) is 5.91 Å². The highest BCUT2D eigenvalue weighted by Gasteiger charge is 2.61. The number of anilines is 3. The van der Waals surface area contributed by atoms with E-state index in [1.165, 1.54) is 11.2 Å². The number of rotatable bonds is 5. The summed E-state index contributed by atoms with van der Waals surface area (Å²) in [6.45, 7) is 1.84. The minimum atomic E-state index is -3.01. The van der Waals surface area contributed by atoms with Gasteiger partial charge in [0, 0.05) is 26.6 Å². The summed E-state index contributed by atoms with van der Waals surface area (Å²) in [5.41, 5.74) is 1.98. The fourth-order valence-electron chi connectivity index (χ4n) is 3.56. The largest absolute Gasteiger partial charge is 0.334 e. The van der Waals surface area contributed by atoms with Crippen LogP contribution in [0.1, 0.15) is 24.5 Å². The molecule has 1 unspecified atom stereocenters. The third kappa shape index (κ3) is 3.56. The smallest absolute Gasteiger partial charge is 0.260 e. The fraction of sp³-hybridized carbons (Fsp3) is 0.333. The summed E-state index contributed by atoms with van der Waals surface area (Å²) in [5, 5.41) is 11.6. The topological polar surface area (TPSA) is 86.8 Å². The summed E-state index contributed by atoms with van der Waals surface area (Å²) in [7, 11) is 3.34. The standard InChI is InChI=1S/C21H19F3N6O/c1-4-12-5-11(9-25)6-14(22)18(12)30(3)16-7-15-17(26-10-29(15)2)19(27-16)28-20(31)13-8-21(13,23)24/h5-7,10,13H,4,8H2,1-3H3,(H,27,28,31). The molecule has 0 radical (unpaired) electrons. The summed E-state index contributed by atoms with van der Waals surface area (Å²) in [4.78, 5) is 22.3. The van der Waals surface area contributed by atoms with Crippen LogP contribution in [0.5, 0.6) is 0 Å². The van der Waals surface area contributed by atoms with E-state index in [0.717, 1.165) is 6.07 Å². The normalized spacial score (nSPS) is 16.7. The number of alkyl halides is 2. The summed E-state index contributed by atoms with van der Waals surface area (Å²) < 4.78 is 43.2. The van der Waals surface area contributed by atoms with Gasteiger partial charge in [-0.25, -0.2) is 23.1 Å². The molecule has 1 saturated carbocycles. The molecule has 0 aliphatic heterocycles. The molecule has 1 amide bonds. The number of aryl methyl sites for hydroxylation is 2. The van der Waals surface area contributed by atoms with Crippen molar-refractivity contribution in [2.45, 2.75) is 25.7 Å². The molecular formula is C21H19F3N6O. The minimum absolute atomic E-state index is 0.0275. The van der Waals surface area contributed by atoms with Crippen molar-refractivity contribution in [3.8, 4) is 6.07 Å². The Balaban J connectivity index is 1.79. The van der Waals surface area contributed by atoms with Crippen LogP contribution in [-0.2, 0) is 18.3 Å². The van der Waals surface area contributed by atoms with Crippen molar-refractivity contribution in [2.75, 3.05) is 17.3 Å². The lowest BCUT2D eigenvalue weighted by Gasteiger charge is -2.23. The van der Waals surface area contributed by atoms with Crippen molar-refractivity contribution in [1.82, 2.24) is 14.5 Å². The second-order valence-electron chi connectivity index (χ2n) is 7.55. The lowest BCUT2D eigenvalue weighted by molar-refractivity contribution is -0.119. The lowest BCUT2D eigenvalue weighted by Crippen LogP contribution is -2.20. The average molecular weight is 428 g/mol. The minimum Gasteiger partial charge on any atom is -0.334 e. The molecule has 2 heterocycles. The molecule has 10 heteroatoms. The van der Waals surface area contributed by atoms with E-state index in [2.05, 4.69) is 15.3 Å². The molecule has 1 N–H and O–H groups in total. The number of imidazole rings is 1. The van der Waals surface area contributed by atoms with Gasteiger partial charge >= 0.3 is 0 Å². The Morgan fingerprint density at radius 2 is 2.13 bits per heavy atom. The number of carbonyl (C=O) groups excluding carboxylic acids is 1. The van der Waals surface area contributed by atoms with Gasteiger partial charge in [0.05, 0.1) is 29.2 Å². The van der Waals surface area contributed by atoms with E-state index in [9.17, 15) is 18.0 Å². The van der Waals surface area contributed by atoms with Gasteiger partial charge in [0.1, 0.15) is 23.1 Å². The zero-order valence-corrected chi connectivity index (χ0v) is 17.1. The van der Waals surface area contributed by atoms with E-state index >= 15 is 0 Å². The van der Waals surface area contributed by atoms with Crippen LogP contribution in [0.15, 0.2) is 24.5 Å². The highest BCUT2D eigenvalue weighted by molar-refractivity contribution is 6.01. The molecule has 0 bridgehead atoms. The quantitative estimate of drug-likeness (QED) is 0.666. The maximum Gasteiger partial charge on any atom is 0.260 e. The molecule has 1 aromatic carbocycles. The van der Waals surface area contributed by atoms with Crippen LogP contribution in [0.2, 0.25) is 0 Å². The van der Waals surface area contributed by atoms with E-state index < -0.39 is 30.0 Å². The summed E-state index contributed by atoms with van der Waals surface area (Å²) in [6, 6.07) is 6.35. The zero-order valence-electron chi connectivity index (χ0n) is 17.1. The molecule has 31 heavy (non-hydrogen) atoms. The fourth-order valence-corrected chi connectivity index (χ4v) is 3.56. The number of nitriles is 1. The van der Waals surface area contributed by atoms with Crippen LogP contribution in [0.4, 0.5) is 30.5 Å². The predicted octanol–water partition coefficient (Wildman–Crippen LogP) is 3.90. The van der Waals surface area contributed by atoms with Gasteiger partial charge in [-0.3, -0.25) is 4.79 Å². The van der Waals surface area contributed by atoms with Crippen molar-refractivity contribution < 1.29 is 18.0 Å². The number of hydrogen-bond acceptors (Lipinski definition) is 5. The molecule has 1 aliphatic carbocycles. The van der Waals surface area contributed by atoms with E-state index in [0.29, 0.717) is 23.0 Å². The number of benzene rings is 1. The van der Waals surface area contributed by atoms with Crippen molar-refractivity contribution in [3.63, 3.8) is 0 Å². The van der Waals surface area contributed by atoms with Crippen LogP contribution in [0.3, 0.4) is 0 Å². The number of aromatic nitrogens is 3. The summed E-state index contributed by atoms with van der Waals surface area (Å²) in [6.07, 6.45) is 1.48. The monoisotopic (exact) mass is 428 g/mol.